The molecule has 0 unspecified atom stereocenters. The van der Waals surface area contributed by atoms with Crippen LogP contribution in [0.15, 0.2) is 24.3 Å². The summed E-state index contributed by atoms with van der Waals surface area (Å²) in [6.07, 6.45) is 0. The van der Waals surface area contributed by atoms with Crippen molar-refractivity contribution in [3.63, 3.8) is 0 Å². The fraction of sp³-hybridized carbons (Fsp3) is 0.250. The van der Waals surface area contributed by atoms with E-state index in [1.807, 2.05) is 0 Å². The van der Waals surface area contributed by atoms with Gasteiger partial charge in [-0.15, -0.1) is 15.0 Å². The summed E-state index contributed by atoms with van der Waals surface area (Å²) in [5, 5.41) is 9.22. The summed E-state index contributed by atoms with van der Waals surface area (Å²) in [5.41, 5.74) is 0.626. The zero-order valence-electron chi connectivity index (χ0n) is 10.5. The Hall–Kier alpha value is -2.41. The quantitative estimate of drug-likeness (QED) is 0.866. The number of aromatic nitrogens is 3. The molecular formula is C12H13N3O4. The first-order valence-corrected chi connectivity index (χ1v) is 5.47. The van der Waals surface area contributed by atoms with Crippen LogP contribution in [0.4, 0.5) is 0 Å². The predicted octanol–water partition coefficient (Wildman–Crippen LogP) is 1.17. The summed E-state index contributed by atoms with van der Waals surface area (Å²) in [6, 6.07) is 7.23. The predicted molar refractivity (Wildman–Crippen MR) is 65.4 cm³/mol. The maximum atomic E-state index is 9.22. The Morgan fingerprint density at radius 3 is 2.11 bits per heavy atom. The van der Waals surface area contributed by atoms with Crippen LogP contribution in [0.2, 0.25) is 0 Å². The minimum Gasteiger partial charge on any atom is -0.467 e. The molecule has 1 heterocycles. The first kappa shape index (κ1) is 13.0. The Morgan fingerprint density at radius 2 is 1.53 bits per heavy atom. The van der Waals surface area contributed by atoms with Crippen molar-refractivity contribution in [2.45, 2.75) is 6.61 Å². The lowest BCUT2D eigenvalue weighted by molar-refractivity contribution is 0.274. The van der Waals surface area contributed by atoms with Gasteiger partial charge < -0.3 is 19.3 Å². The molecule has 19 heavy (non-hydrogen) atoms. The van der Waals surface area contributed by atoms with Gasteiger partial charge in [-0.05, 0) is 6.07 Å². The van der Waals surface area contributed by atoms with Gasteiger partial charge in [0.05, 0.1) is 20.8 Å². The van der Waals surface area contributed by atoms with Crippen molar-refractivity contribution in [1.29, 1.82) is 0 Å². The number of nitrogens with zero attached hydrogens (tertiary/aromatic N) is 3. The Labute approximate surface area is 109 Å². The Bertz CT molecular complexity index is 540. The highest BCUT2D eigenvalue weighted by atomic mass is 16.5. The van der Waals surface area contributed by atoms with Gasteiger partial charge in [-0.1, -0.05) is 18.2 Å². The molecule has 0 saturated carbocycles. The smallest absolute Gasteiger partial charge is 0.331 e. The number of para-hydroxylation sites is 1. The number of benzene rings is 1. The number of hydrogen-bond donors (Lipinski definition) is 1. The molecule has 7 heteroatoms. The first-order valence-electron chi connectivity index (χ1n) is 5.47. The van der Waals surface area contributed by atoms with Gasteiger partial charge in [0.2, 0.25) is 0 Å². The molecule has 1 aromatic heterocycles. The summed E-state index contributed by atoms with van der Waals surface area (Å²) < 4.78 is 15.3. The van der Waals surface area contributed by atoms with Gasteiger partial charge in [-0.25, -0.2) is 0 Å². The summed E-state index contributed by atoms with van der Waals surface area (Å²) in [5.74, 6) is 0.459. The number of aliphatic hydroxyl groups excluding tert-OH is 1. The molecule has 1 N–H and O–H groups in total. The highest BCUT2D eigenvalue weighted by Crippen LogP contribution is 2.24. The number of aliphatic hydroxyl groups is 1. The second-order valence-corrected chi connectivity index (χ2v) is 3.46. The maximum absolute atomic E-state index is 9.22. The molecule has 7 nitrogen and oxygen atoms in total. The molecule has 0 atom stereocenters. The molecule has 0 radical (unpaired) electrons. The fourth-order valence-electron chi connectivity index (χ4n) is 1.38. The number of hydrogen-bond acceptors (Lipinski definition) is 7. The van der Waals surface area contributed by atoms with E-state index < -0.39 is 0 Å². The highest BCUT2D eigenvalue weighted by Gasteiger charge is 2.10. The molecule has 0 saturated heterocycles. The van der Waals surface area contributed by atoms with Crippen molar-refractivity contribution in [2.75, 3.05) is 14.2 Å². The molecule has 0 amide bonds. The van der Waals surface area contributed by atoms with Gasteiger partial charge in [0.15, 0.2) is 0 Å². The second-order valence-electron chi connectivity index (χ2n) is 3.46. The summed E-state index contributed by atoms with van der Waals surface area (Å²) in [7, 11) is 2.86. The van der Waals surface area contributed by atoms with E-state index in [1.54, 1.807) is 24.3 Å². The van der Waals surface area contributed by atoms with Crippen LogP contribution < -0.4 is 14.2 Å². The third-order valence-corrected chi connectivity index (χ3v) is 2.28. The SMILES string of the molecule is COc1nc(OC)nc(Oc2ccccc2CO)n1. The van der Waals surface area contributed by atoms with E-state index in [4.69, 9.17) is 14.2 Å². The monoisotopic (exact) mass is 263 g/mol. The van der Waals surface area contributed by atoms with Crippen molar-refractivity contribution in [3.8, 4) is 23.8 Å². The van der Waals surface area contributed by atoms with E-state index in [1.165, 1.54) is 14.2 Å². The van der Waals surface area contributed by atoms with Crippen LogP contribution in [0.1, 0.15) is 5.56 Å². The van der Waals surface area contributed by atoms with E-state index in [2.05, 4.69) is 15.0 Å². The third kappa shape index (κ3) is 3.08. The van der Waals surface area contributed by atoms with Gasteiger partial charge in [0.25, 0.3) is 0 Å². The van der Waals surface area contributed by atoms with Gasteiger partial charge in [0, 0.05) is 5.56 Å². The summed E-state index contributed by atoms with van der Waals surface area (Å²) >= 11 is 0. The van der Waals surface area contributed by atoms with E-state index in [0.717, 1.165) is 0 Å². The van der Waals surface area contributed by atoms with Gasteiger partial charge in [0.1, 0.15) is 5.75 Å². The lowest BCUT2D eigenvalue weighted by Gasteiger charge is -2.09. The number of rotatable bonds is 5. The van der Waals surface area contributed by atoms with E-state index in [0.29, 0.717) is 11.3 Å². The van der Waals surface area contributed by atoms with Crippen molar-refractivity contribution < 1.29 is 19.3 Å². The van der Waals surface area contributed by atoms with E-state index in [-0.39, 0.29) is 24.6 Å². The van der Waals surface area contributed by atoms with Crippen molar-refractivity contribution in [2.24, 2.45) is 0 Å². The van der Waals surface area contributed by atoms with Gasteiger partial charge >= 0.3 is 18.0 Å². The lowest BCUT2D eigenvalue weighted by Crippen LogP contribution is -2.02. The Kier molecular flexibility index (Phi) is 4.09. The van der Waals surface area contributed by atoms with Crippen LogP contribution in [0.5, 0.6) is 23.8 Å². The zero-order valence-corrected chi connectivity index (χ0v) is 10.5. The largest absolute Gasteiger partial charge is 0.467 e. The highest BCUT2D eigenvalue weighted by molar-refractivity contribution is 5.34. The van der Waals surface area contributed by atoms with E-state index in [9.17, 15) is 5.11 Å². The average Bonchev–Trinajstić information content (AvgIpc) is 2.47. The fourth-order valence-corrected chi connectivity index (χ4v) is 1.38. The van der Waals surface area contributed by atoms with Crippen molar-refractivity contribution in [1.82, 2.24) is 15.0 Å². The Morgan fingerprint density at radius 1 is 0.947 bits per heavy atom. The Balaban J connectivity index is 2.32. The first-order chi connectivity index (χ1) is 9.26. The second kappa shape index (κ2) is 5.96. The normalized spacial score (nSPS) is 10.1. The van der Waals surface area contributed by atoms with Crippen LogP contribution in [-0.4, -0.2) is 34.3 Å². The minimum absolute atomic E-state index is 0.0320. The van der Waals surface area contributed by atoms with Crippen molar-refractivity contribution >= 4 is 0 Å². The molecule has 2 aromatic rings. The van der Waals surface area contributed by atoms with Crippen LogP contribution in [0.25, 0.3) is 0 Å². The standard InChI is InChI=1S/C12H13N3O4/c1-17-10-13-11(18-2)15-12(14-10)19-9-6-4-3-5-8(9)7-16/h3-6,16H,7H2,1-2H3. The molecule has 100 valence electrons. The summed E-state index contributed by atoms with van der Waals surface area (Å²) in [6.45, 7) is -0.143. The molecule has 0 aliphatic rings. The van der Waals surface area contributed by atoms with Crippen LogP contribution in [-0.2, 0) is 6.61 Å². The van der Waals surface area contributed by atoms with Crippen molar-refractivity contribution in [3.05, 3.63) is 29.8 Å². The van der Waals surface area contributed by atoms with E-state index >= 15 is 0 Å². The van der Waals surface area contributed by atoms with Crippen LogP contribution in [0.3, 0.4) is 0 Å². The molecular weight excluding hydrogens is 250 g/mol. The van der Waals surface area contributed by atoms with Crippen LogP contribution in [0, 0.1) is 0 Å². The molecule has 0 fully saturated rings. The topological polar surface area (TPSA) is 86.6 Å². The lowest BCUT2D eigenvalue weighted by atomic mass is 10.2. The summed E-state index contributed by atoms with van der Waals surface area (Å²) in [4.78, 5) is 11.7. The number of methoxy groups -OCH3 is 2. The molecule has 0 aliphatic carbocycles. The zero-order chi connectivity index (χ0) is 13.7. The van der Waals surface area contributed by atoms with Crippen LogP contribution >= 0.6 is 0 Å². The molecule has 2 rings (SSSR count). The molecule has 0 aliphatic heterocycles. The average molecular weight is 263 g/mol. The molecule has 1 aromatic carbocycles. The molecule has 0 bridgehead atoms. The number of ether oxygens (including phenoxy) is 3. The van der Waals surface area contributed by atoms with Gasteiger partial charge in [-0.3, -0.25) is 0 Å². The third-order valence-electron chi connectivity index (χ3n) is 2.28. The minimum atomic E-state index is -0.143. The van der Waals surface area contributed by atoms with Gasteiger partial charge in [-0.2, -0.15) is 0 Å². The molecule has 0 spiro atoms. The maximum Gasteiger partial charge on any atom is 0.331 e.